The number of non-ortho nitro benzene ring substituents is 1. The molecule has 1 heterocycles. The van der Waals surface area contributed by atoms with Gasteiger partial charge in [0.1, 0.15) is 5.82 Å². The van der Waals surface area contributed by atoms with Crippen molar-refractivity contribution < 1.29 is 9.72 Å². The Morgan fingerprint density at radius 1 is 0.889 bits per heavy atom. The quantitative estimate of drug-likeness (QED) is 0.290. The summed E-state index contributed by atoms with van der Waals surface area (Å²) < 4.78 is 1.21. The fourth-order valence-electron chi connectivity index (χ4n) is 3.82. The van der Waals surface area contributed by atoms with Gasteiger partial charge >= 0.3 is 5.69 Å². The van der Waals surface area contributed by atoms with Crippen LogP contribution in [0.15, 0.2) is 94.5 Å². The minimum atomic E-state index is -0.783. The predicted octanol–water partition coefficient (Wildman–Crippen LogP) is 2.85. The van der Waals surface area contributed by atoms with Gasteiger partial charge in [-0.1, -0.05) is 72.8 Å². The molecule has 0 spiro atoms. The number of carbonyl (C=O) groups is 1. The number of nitrogens with zero attached hydrogens (tertiary/aromatic N) is 3. The number of hydrogen-bond acceptors (Lipinski definition) is 6. The largest absolute Gasteiger partial charge is 0.383 e. The molecule has 0 atom stereocenters. The number of nitro groups is 1. The van der Waals surface area contributed by atoms with Crippen molar-refractivity contribution in [3.63, 3.8) is 0 Å². The maximum absolute atomic E-state index is 13.5. The predicted molar refractivity (Wildman–Crippen MR) is 136 cm³/mol. The van der Waals surface area contributed by atoms with Crippen molar-refractivity contribution in [2.45, 2.75) is 19.5 Å². The zero-order chi connectivity index (χ0) is 25.7. The first-order valence-electron chi connectivity index (χ1n) is 11.1. The van der Waals surface area contributed by atoms with Gasteiger partial charge in [0.05, 0.1) is 24.4 Å². The Bertz CT molecular complexity index is 1500. The number of H-pyrrole nitrogens is 1. The highest BCUT2D eigenvalue weighted by molar-refractivity contribution is 5.96. The molecule has 1 aromatic heterocycles. The van der Waals surface area contributed by atoms with Crippen LogP contribution in [0.1, 0.15) is 16.7 Å². The van der Waals surface area contributed by atoms with Crippen LogP contribution in [0.5, 0.6) is 0 Å². The topological polar surface area (TPSA) is 144 Å². The van der Waals surface area contributed by atoms with Gasteiger partial charge in [0.2, 0.25) is 5.91 Å². The van der Waals surface area contributed by atoms with Crippen molar-refractivity contribution in [1.82, 2.24) is 9.55 Å². The summed E-state index contributed by atoms with van der Waals surface area (Å²) in [5, 5.41) is 10.9. The second kappa shape index (κ2) is 10.5. The summed E-state index contributed by atoms with van der Waals surface area (Å²) >= 11 is 0. The van der Waals surface area contributed by atoms with Gasteiger partial charge in [0.25, 0.3) is 11.2 Å². The van der Waals surface area contributed by atoms with E-state index in [0.29, 0.717) is 5.56 Å². The molecule has 0 radical (unpaired) electrons. The first-order valence-corrected chi connectivity index (χ1v) is 11.1. The fourth-order valence-corrected chi connectivity index (χ4v) is 3.82. The fraction of sp³-hybridized carbons (Fsp3) is 0.115. The molecule has 0 saturated heterocycles. The maximum atomic E-state index is 13.5. The summed E-state index contributed by atoms with van der Waals surface area (Å²) in [5.41, 5.74) is 6.70. The number of rotatable bonds is 8. The first-order chi connectivity index (χ1) is 17.3. The highest BCUT2D eigenvalue weighted by Crippen LogP contribution is 2.22. The van der Waals surface area contributed by atoms with E-state index in [1.165, 1.54) is 33.7 Å². The van der Waals surface area contributed by atoms with Crippen LogP contribution < -0.4 is 21.9 Å². The van der Waals surface area contributed by atoms with Crippen LogP contribution in [-0.4, -0.2) is 20.4 Å². The number of benzene rings is 3. The third kappa shape index (κ3) is 5.39. The second-order valence-electron chi connectivity index (χ2n) is 8.13. The monoisotopic (exact) mass is 485 g/mol. The lowest BCUT2D eigenvalue weighted by molar-refractivity contribution is -0.384. The molecule has 3 N–H and O–H groups in total. The second-order valence-corrected chi connectivity index (χ2v) is 8.13. The molecule has 3 aromatic carbocycles. The molecule has 182 valence electrons. The van der Waals surface area contributed by atoms with Crippen molar-refractivity contribution in [1.29, 1.82) is 0 Å². The van der Waals surface area contributed by atoms with E-state index in [0.717, 1.165) is 11.1 Å². The number of nitrogens with two attached hydrogens (primary N) is 1. The lowest BCUT2D eigenvalue weighted by atomic mass is 10.1. The van der Waals surface area contributed by atoms with Gasteiger partial charge in [-0.2, -0.15) is 0 Å². The molecule has 0 aliphatic carbocycles. The average molecular weight is 486 g/mol. The van der Waals surface area contributed by atoms with Gasteiger partial charge in [0.15, 0.2) is 5.69 Å². The van der Waals surface area contributed by atoms with E-state index >= 15 is 0 Å². The number of amides is 1. The minimum Gasteiger partial charge on any atom is -0.383 e. The van der Waals surface area contributed by atoms with Crippen LogP contribution in [0.2, 0.25) is 0 Å². The van der Waals surface area contributed by atoms with Gasteiger partial charge in [-0.3, -0.25) is 34.2 Å². The number of aromatic amines is 1. The van der Waals surface area contributed by atoms with Crippen LogP contribution >= 0.6 is 0 Å². The zero-order valence-corrected chi connectivity index (χ0v) is 19.2. The molecule has 0 saturated carbocycles. The Labute approximate surface area is 205 Å². The van der Waals surface area contributed by atoms with Gasteiger partial charge in [-0.05, 0) is 16.7 Å². The number of anilines is 2. The van der Waals surface area contributed by atoms with Gasteiger partial charge < -0.3 is 5.73 Å². The third-order valence-electron chi connectivity index (χ3n) is 5.65. The molecular weight excluding hydrogens is 462 g/mol. The summed E-state index contributed by atoms with van der Waals surface area (Å²) in [5.74, 6) is -0.601. The summed E-state index contributed by atoms with van der Waals surface area (Å²) in [6.07, 6.45) is -0.137. The lowest BCUT2D eigenvalue weighted by Gasteiger charge is -2.25. The number of nitro benzene ring substituents is 1. The maximum Gasteiger partial charge on any atom is 0.330 e. The summed E-state index contributed by atoms with van der Waals surface area (Å²) in [6.45, 7) is 0.133. The molecule has 1 amide bonds. The van der Waals surface area contributed by atoms with E-state index in [4.69, 9.17) is 5.73 Å². The standard InChI is InChI=1S/C26H23N5O5/c27-24-23(25(33)28-26(34)30(24)17-20-9-5-2-6-10-20)29(16-19-7-3-1-4-8-19)22(32)15-18-11-13-21(14-12-18)31(35)36/h1-14H,15-17,27H2,(H,28,33,34). The van der Waals surface area contributed by atoms with E-state index in [2.05, 4.69) is 4.98 Å². The Balaban J connectivity index is 1.75. The molecule has 0 fully saturated rings. The smallest absolute Gasteiger partial charge is 0.330 e. The molecule has 10 nitrogen and oxygen atoms in total. The van der Waals surface area contributed by atoms with Gasteiger partial charge in [-0.25, -0.2) is 4.79 Å². The first kappa shape index (κ1) is 24.1. The van der Waals surface area contributed by atoms with Crippen molar-refractivity contribution in [2.75, 3.05) is 10.6 Å². The van der Waals surface area contributed by atoms with Crippen LogP contribution in [-0.2, 0) is 24.3 Å². The number of nitrogen functional groups attached to an aromatic ring is 1. The Kier molecular flexibility index (Phi) is 7.05. The number of hydrogen-bond donors (Lipinski definition) is 2. The zero-order valence-electron chi connectivity index (χ0n) is 19.2. The molecular formula is C26H23N5O5. The van der Waals surface area contributed by atoms with Crippen molar-refractivity contribution in [3.8, 4) is 0 Å². The number of nitrogens with one attached hydrogen (secondary N) is 1. The van der Waals surface area contributed by atoms with Crippen LogP contribution in [0.25, 0.3) is 0 Å². The molecule has 4 rings (SSSR count). The number of aromatic nitrogens is 2. The molecule has 4 aromatic rings. The molecule has 0 unspecified atom stereocenters. The molecule has 36 heavy (non-hydrogen) atoms. The molecule has 10 heteroatoms. The molecule has 0 bridgehead atoms. The summed E-state index contributed by atoms with van der Waals surface area (Å²) in [6, 6.07) is 23.7. The third-order valence-corrected chi connectivity index (χ3v) is 5.65. The normalized spacial score (nSPS) is 10.7. The van der Waals surface area contributed by atoms with Crippen LogP contribution in [0.4, 0.5) is 17.2 Å². The van der Waals surface area contributed by atoms with E-state index < -0.39 is 22.1 Å². The number of carbonyl (C=O) groups excluding carboxylic acids is 1. The lowest BCUT2D eigenvalue weighted by Crippen LogP contribution is -2.41. The van der Waals surface area contributed by atoms with Crippen LogP contribution in [0.3, 0.4) is 0 Å². The van der Waals surface area contributed by atoms with Crippen molar-refractivity contribution in [2.24, 2.45) is 0 Å². The van der Waals surface area contributed by atoms with Crippen molar-refractivity contribution in [3.05, 3.63) is 133 Å². The summed E-state index contributed by atoms with van der Waals surface area (Å²) in [4.78, 5) is 53.0. The summed E-state index contributed by atoms with van der Waals surface area (Å²) in [7, 11) is 0. The highest BCUT2D eigenvalue weighted by atomic mass is 16.6. The van der Waals surface area contributed by atoms with E-state index in [9.17, 15) is 24.5 Å². The van der Waals surface area contributed by atoms with Gasteiger partial charge in [-0.15, -0.1) is 0 Å². The Hall–Kier alpha value is -4.99. The Morgan fingerprint density at radius 2 is 1.47 bits per heavy atom. The minimum absolute atomic E-state index is 0.0312. The molecule has 0 aliphatic heterocycles. The highest BCUT2D eigenvalue weighted by Gasteiger charge is 2.25. The van der Waals surface area contributed by atoms with Gasteiger partial charge in [0, 0.05) is 12.1 Å². The molecule has 0 aliphatic rings. The SMILES string of the molecule is Nc1c(N(Cc2ccccc2)C(=O)Cc2ccc([N+](=O)[O-])cc2)c(=O)[nH]c(=O)n1Cc1ccccc1. The van der Waals surface area contributed by atoms with Crippen LogP contribution in [0, 0.1) is 10.1 Å². The van der Waals surface area contributed by atoms with Crippen molar-refractivity contribution >= 4 is 23.1 Å². The van der Waals surface area contributed by atoms with E-state index in [-0.39, 0.29) is 36.7 Å². The van der Waals surface area contributed by atoms with E-state index in [1.807, 2.05) is 36.4 Å². The van der Waals surface area contributed by atoms with E-state index in [1.54, 1.807) is 24.3 Å². The Morgan fingerprint density at radius 3 is 2.06 bits per heavy atom. The average Bonchev–Trinajstić information content (AvgIpc) is 2.87.